The number of hydrogen-bond donors (Lipinski definition) is 0. The summed E-state index contributed by atoms with van der Waals surface area (Å²) < 4.78 is 0. The first-order valence-electron chi connectivity index (χ1n) is 7.46. The molecule has 1 saturated heterocycles. The third-order valence-electron chi connectivity index (χ3n) is 3.78. The zero-order chi connectivity index (χ0) is 15.2. The second kappa shape index (κ2) is 8.87. The highest BCUT2D eigenvalue weighted by Crippen LogP contribution is 2.17. The predicted octanol–water partition coefficient (Wildman–Crippen LogP) is -0.109. The van der Waals surface area contributed by atoms with Gasteiger partial charge in [-0.15, -0.1) is 0 Å². The van der Waals surface area contributed by atoms with Crippen molar-refractivity contribution in [2.24, 2.45) is 5.10 Å². The van der Waals surface area contributed by atoms with Gasteiger partial charge in [0.1, 0.15) is 0 Å². The van der Waals surface area contributed by atoms with Crippen LogP contribution >= 0.6 is 11.6 Å². The Morgan fingerprint density at radius 1 is 1.04 bits per heavy atom. The van der Waals surface area contributed by atoms with E-state index in [1.807, 2.05) is 36.5 Å². The molecule has 0 saturated carbocycles. The lowest BCUT2D eigenvalue weighted by Crippen LogP contribution is -3.00. The molecule has 0 spiro atoms. The largest absolute Gasteiger partial charge is 1.00 e. The monoisotopic (exact) mass is 349 g/mol. The predicted molar refractivity (Wildman–Crippen MR) is 90.1 cm³/mol. The van der Waals surface area contributed by atoms with Gasteiger partial charge in [0.2, 0.25) is 0 Å². The first-order chi connectivity index (χ1) is 10.8. The highest BCUT2D eigenvalue weighted by molar-refractivity contribution is 6.31. The van der Waals surface area contributed by atoms with Crippen molar-refractivity contribution in [1.29, 1.82) is 0 Å². The van der Waals surface area contributed by atoms with Gasteiger partial charge in [0, 0.05) is 50.1 Å². The van der Waals surface area contributed by atoms with Gasteiger partial charge in [0.25, 0.3) is 0 Å². The minimum atomic E-state index is 0. The van der Waals surface area contributed by atoms with Gasteiger partial charge in [-0.25, -0.2) is 0 Å². The SMILES string of the molecule is Clc1ccccc1CN1CCN(/N=C/c2ccncc2)CC1.[Cl-]. The maximum absolute atomic E-state index is 6.22. The fraction of sp³-hybridized carbons (Fsp3) is 0.294. The molecule has 0 radical (unpaired) electrons. The first kappa shape index (κ1) is 17.7. The summed E-state index contributed by atoms with van der Waals surface area (Å²) in [7, 11) is 0. The van der Waals surface area contributed by atoms with Crippen LogP contribution in [0.2, 0.25) is 5.02 Å². The van der Waals surface area contributed by atoms with Gasteiger partial charge in [-0.1, -0.05) is 29.8 Å². The second-order valence-corrected chi connectivity index (χ2v) is 5.75. The van der Waals surface area contributed by atoms with Crippen LogP contribution in [-0.2, 0) is 6.54 Å². The number of hydrazone groups is 1. The number of aromatic nitrogens is 1. The molecule has 1 aliphatic heterocycles. The Labute approximate surface area is 148 Å². The van der Waals surface area contributed by atoms with Crippen molar-refractivity contribution < 1.29 is 12.4 Å². The van der Waals surface area contributed by atoms with E-state index in [1.165, 1.54) is 5.56 Å². The summed E-state index contributed by atoms with van der Waals surface area (Å²) in [5, 5.41) is 7.50. The van der Waals surface area contributed by atoms with E-state index in [0.717, 1.165) is 43.3 Å². The molecule has 0 amide bonds. The average molecular weight is 350 g/mol. The van der Waals surface area contributed by atoms with Gasteiger partial charge in [-0.2, -0.15) is 5.10 Å². The molecular formula is C17H19Cl2N4-. The molecule has 23 heavy (non-hydrogen) atoms. The normalized spacial score (nSPS) is 15.6. The highest BCUT2D eigenvalue weighted by Gasteiger charge is 2.16. The number of hydrogen-bond acceptors (Lipinski definition) is 4. The van der Waals surface area contributed by atoms with E-state index in [9.17, 15) is 0 Å². The van der Waals surface area contributed by atoms with Crippen LogP contribution in [-0.4, -0.2) is 47.3 Å². The number of halogens is 2. The Kier molecular flexibility index (Phi) is 6.84. The summed E-state index contributed by atoms with van der Waals surface area (Å²) in [6.45, 7) is 4.78. The Hall–Kier alpha value is -1.62. The van der Waals surface area contributed by atoms with Crippen LogP contribution in [0.5, 0.6) is 0 Å². The Morgan fingerprint density at radius 2 is 1.74 bits per heavy atom. The molecule has 1 aromatic heterocycles. The molecule has 122 valence electrons. The fourth-order valence-electron chi connectivity index (χ4n) is 2.48. The lowest BCUT2D eigenvalue weighted by Gasteiger charge is -2.33. The Bertz CT molecular complexity index is 626. The van der Waals surface area contributed by atoms with Crippen LogP contribution in [0.3, 0.4) is 0 Å². The van der Waals surface area contributed by atoms with Crippen molar-refractivity contribution in [2.75, 3.05) is 26.2 Å². The quantitative estimate of drug-likeness (QED) is 0.722. The second-order valence-electron chi connectivity index (χ2n) is 5.35. The van der Waals surface area contributed by atoms with E-state index in [4.69, 9.17) is 11.6 Å². The summed E-state index contributed by atoms with van der Waals surface area (Å²) in [5.74, 6) is 0. The molecule has 2 aromatic rings. The molecule has 0 unspecified atom stereocenters. The summed E-state index contributed by atoms with van der Waals surface area (Å²) in [6, 6.07) is 12.0. The minimum Gasteiger partial charge on any atom is -1.00 e. The van der Waals surface area contributed by atoms with Gasteiger partial charge in [-0.3, -0.25) is 14.9 Å². The van der Waals surface area contributed by atoms with Crippen LogP contribution in [0.4, 0.5) is 0 Å². The van der Waals surface area contributed by atoms with Crippen molar-refractivity contribution in [3.8, 4) is 0 Å². The summed E-state index contributed by atoms with van der Waals surface area (Å²) >= 11 is 6.22. The number of pyridine rings is 1. The number of rotatable bonds is 4. The number of nitrogens with zero attached hydrogens (tertiary/aromatic N) is 4. The van der Waals surface area contributed by atoms with Crippen molar-refractivity contribution in [2.45, 2.75) is 6.54 Å². The lowest BCUT2D eigenvalue weighted by molar-refractivity contribution is -0.00000442. The van der Waals surface area contributed by atoms with Crippen molar-refractivity contribution in [3.05, 3.63) is 64.9 Å². The maximum atomic E-state index is 6.22. The van der Waals surface area contributed by atoms with Crippen molar-refractivity contribution in [3.63, 3.8) is 0 Å². The minimum absolute atomic E-state index is 0. The zero-order valence-corrected chi connectivity index (χ0v) is 14.3. The zero-order valence-electron chi connectivity index (χ0n) is 12.8. The molecule has 3 rings (SSSR count). The fourth-order valence-corrected chi connectivity index (χ4v) is 2.67. The standard InChI is InChI=1S/C17H19ClN4.ClH/c18-17-4-2-1-3-16(17)14-21-9-11-22(12-10-21)20-13-15-5-7-19-8-6-15;/h1-8,13H,9-12,14H2;1H/p-1/b20-13+;. The van der Waals surface area contributed by atoms with Crippen LogP contribution in [0.15, 0.2) is 53.9 Å². The summed E-state index contributed by atoms with van der Waals surface area (Å²) in [4.78, 5) is 6.42. The molecule has 0 aliphatic carbocycles. The summed E-state index contributed by atoms with van der Waals surface area (Å²) in [5.41, 5.74) is 2.27. The topological polar surface area (TPSA) is 31.7 Å². The van der Waals surface area contributed by atoms with Gasteiger partial charge >= 0.3 is 0 Å². The van der Waals surface area contributed by atoms with Crippen LogP contribution in [0.25, 0.3) is 0 Å². The maximum Gasteiger partial charge on any atom is 0.0544 e. The Balaban J connectivity index is 0.00000192. The smallest absolute Gasteiger partial charge is 0.0544 e. The molecule has 1 fully saturated rings. The van der Waals surface area contributed by atoms with Crippen LogP contribution in [0.1, 0.15) is 11.1 Å². The highest BCUT2D eigenvalue weighted by atomic mass is 35.5. The lowest BCUT2D eigenvalue weighted by atomic mass is 10.2. The summed E-state index contributed by atoms with van der Waals surface area (Å²) in [6.07, 6.45) is 5.46. The Morgan fingerprint density at radius 3 is 2.43 bits per heavy atom. The van der Waals surface area contributed by atoms with E-state index in [1.54, 1.807) is 12.4 Å². The van der Waals surface area contributed by atoms with Crippen LogP contribution < -0.4 is 12.4 Å². The number of piperazine rings is 1. The molecule has 1 aromatic carbocycles. The molecule has 0 N–H and O–H groups in total. The van der Waals surface area contributed by atoms with E-state index in [2.05, 4.69) is 26.1 Å². The molecule has 0 bridgehead atoms. The molecular weight excluding hydrogens is 331 g/mol. The van der Waals surface area contributed by atoms with E-state index < -0.39 is 0 Å². The van der Waals surface area contributed by atoms with E-state index in [-0.39, 0.29) is 12.4 Å². The average Bonchev–Trinajstić information content (AvgIpc) is 2.57. The van der Waals surface area contributed by atoms with E-state index in [0.29, 0.717) is 0 Å². The van der Waals surface area contributed by atoms with Crippen molar-refractivity contribution in [1.82, 2.24) is 14.9 Å². The van der Waals surface area contributed by atoms with E-state index >= 15 is 0 Å². The van der Waals surface area contributed by atoms with Gasteiger partial charge in [0.15, 0.2) is 0 Å². The van der Waals surface area contributed by atoms with Gasteiger partial charge in [0.05, 0.1) is 6.21 Å². The third-order valence-corrected chi connectivity index (χ3v) is 4.15. The van der Waals surface area contributed by atoms with Gasteiger partial charge in [-0.05, 0) is 29.3 Å². The van der Waals surface area contributed by atoms with Gasteiger partial charge < -0.3 is 12.4 Å². The molecule has 0 atom stereocenters. The molecule has 1 aliphatic rings. The van der Waals surface area contributed by atoms with Crippen LogP contribution in [0, 0.1) is 0 Å². The number of benzene rings is 1. The molecule has 2 heterocycles. The van der Waals surface area contributed by atoms with Crippen molar-refractivity contribution >= 4 is 17.8 Å². The third kappa shape index (κ3) is 5.20. The molecule has 6 heteroatoms. The molecule has 4 nitrogen and oxygen atoms in total. The first-order valence-corrected chi connectivity index (χ1v) is 7.84.